The quantitative estimate of drug-likeness (QED) is 0.426. The molecule has 0 aliphatic heterocycles. The molecule has 4 rings (SSSR count). The lowest BCUT2D eigenvalue weighted by atomic mass is 10.2. The zero-order chi connectivity index (χ0) is 19.5. The molecule has 0 unspecified atom stereocenters. The summed E-state index contributed by atoms with van der Waals surface area (Å²) < 4.78 is 2.70. The molecule has 5 nitrogen and oxygen atoms in total. The van der Waals surface area contributed by atoms with E-state index in [0.29, 0.717) is 12.4 Å². The molecule has 140 valence electrons. The van der Waals surface area contributed by atoms with Crippen LogP contribution in [0.25, 0.3) is 16.4 Å². The number of amides is 1. The molecule has 0 atom stereocenters. The highest BCUT2D eigenvalue weighted by atomic mass is 79.9. The maximum absolute atomic E-state index is 13.0. The molecular weight excluding hydrogens is 436 g/mol. The first-order valence-electron chi connectivity index (χ1n) is 8.68. The lowest BCUT2D eigenvalue weighted by Crippen LogP contribution is -2.27. The van der Waals surface area contributed by atoms with Gasteiger partial charge in [-0.2, -0.15) is 0 Å². The fourth-order valence-corrected chi connectivity index (χ4v) is 3.95. The van der Waals surface area contributed by atoms with Crippen molar-refractivity contribution in [3.05, 3.63) is 88.0 Å². The second-order valence-corrected chi connectivity index (χ2v) is 8.04. The lowest BCUT2D eigenvalue weighted by molar-refractivity contribution is 0.0773. The number of nitrogens with zero attached hydrogens (tertiary/aromatic N) is 4. The topological polar surface area (TPSA) is 51.0 Å². The molecular formula is C21H17BrN4OS. The standard InChI is InChI=1S/C21H17BrN4OS/c1-25(14-15-8-5-6-11-17(15)22)21(27)19-23-20(18-12-7-13-28-18)26(24-19)16-9-3-2-4-10-16/h2-13H,14H2,1H3. The Balaban J connectivity index is 1.68. The summed E-state index contributed by atoms with van der Waals surface area (Å²) in [6.45, 7) is 0.467. The highest BCUT2D eigenvalue weighted by Crippen LogP contribution is 2.26. The Bertz CT molecular complexity index is 1090. The molecule has 2 heterocycles. The highest BCUT2D eigenvalue weighted by Gasteiger charge is 2.22. The first kappa shape index (κ1) is 18.6. The Morgan fingerprint density at radius 1 is 1.07 bits per heavy atom. The minimum atomic E-state index is -0.219. The zero-order valence-corrected chi connectivity index (χ0v) is 17.5. The monoisotopic (exact) mass is 452 g/mol. The Morgan fingerprint density at radius 2 is 1.82 bits per heavy atom. The number of hydrogen-bond donors (Lipinski definition) is 0. The average Bonchev–Trinajstić information content (AvgIpc) is 3.39. The van der Waals surface area contributed by atoms with Gasteiger partial charge >= 0.3 is 0 Å². The van der Waals surface area contributed by atoms with Gasteiger partial charge < -0.3 is 4.90 Å². The van der Waals surface area contributed by atoms with Crippen LogP contribution in [-0.2, 0) is 6.54 Å². The van der Waals surface area contributed by atoms with E-state index in [1.807, 2.05) is 72.1 Å². The molecule has 0 aliphatic rings. The van der Waals surface area contributed by atoms with Crippen molar-refractivity contribution in [3.8, 4) is 16.4 Å². The van der Waals surface area contributed by atoms with Crippen molar-refractivity contribution < 1.29 is 4.79 Å². The molecule has 2 aromatic heterocycles. The summed E-state index contributed by atoms with van der Waals surface area (Å²) in [7, 11) is 1.76. The van der Waals surface area contributed by atoms with Crippen LogP contribution in [0.3, 0.4) is 0 Å². The summed E-state index contributed by atoms with van der Waals surface area (Å²) in [5.41, 5.74) is 1.89. The number of rotatable bonds is 5. The van der Waals surface area contributed by atoms with Crippen LogP contribution in [0.1, 0.15) is 16.2 Å². The van der Waals surface area contributed by atoms with Crippen LogP contribution in [0.15, 0.2) is 76.6 Å². The largest absolute Gasteiger partial charge is 0.335 e. The van der Waals surface area contributed by atoms with E-state index in [4.69, 9.17) is 0 Å². The van der Waals surface area contributed by atoms with Gasteiger partial charge in [0, 0.05) is 18.1 Å². The number of hydrogen-bond acceptors (Lipinski definition) is 4. The smallest absolute Gasteiger partial charge is 0.293 e. The van der Waals surface area contributed by atoms with Crippen LogP contribution in [-0.4, -0.2) is 32.6 Å². The van der Waals surface area contributed by atoms with E-state index in [2.05, 4.69) is 26.0 Å². The summed E-state index contributed by atoms with van der Waals surface area (Å²) in [5.74, 6) is 0.629. The number of halogens is 1. The van der Waals surface area contributed by atoms with Crippen molar-refractivity contribution in [3.63, 3.8) is 0 Å². The zero-order valence-electron chi connectivity index (χ0n) is 15.1. The maximum Gasteiger partial charge on any atom is 0.293 e. The van der Waals surface area contributed by atoms with Gasteiger partial charge in [0.2, 0.25) is 5.82 Å². The summed E-state index contributed by atoms with van der Waals surface area (Å²) >= 11 is 5.10. The van der Waals surface area contributed by atoms with Gasteiger partial charge in [0.25, 0.3) is 5.91 Å². The van der Waals surface area contributed by atoms with Crippen LogP contribution in [0.4, 0.5) is 0 Å². The number of thiophene rings is 1. The molecule has 0 saturated carbocycles. The predicted octanol–water partition coefficient (Wildman–Crippen LogP) is 5.03. The molecule has 1 amide bonds. The molecule has 7 heteroatoms. The molecule has 0 radical (unpaired) electrons. The number of aromatic nitrogens is 3. The first-order valence-corrected chi connectivity index (χ1v) is 10.4. The van der Waals surface area contributed by atoms with E-state index in [0.717, 1.165) is 20.6 Å². The lowest BCUT2D eigenvalue weighted by Gasteiger charge is -2.16. The second-order valence-electron chi connectivity index (χ2n) is 6.24. The van der Waals surface area contributed by atoms with Gasteiger partial charge in [0.15, 0.2) is 5.82 Å². The molecule has 0 aliphatic carbocycles. The van der Waals surface area contributed by atoms with Crippen LogP contribution in [0.5, 0.6) is 0 Å². The fraction of sp³-hybridized carbons (Fsp3) is 0.0952. The predicted molar refractivity (Wildman–Crippen MR) is 115 cm³/mol. The molecule has 28 heavy (non-hydrogen) atoms. The van der Waals surface area contributed by atoms with Gasteiger partial charge in [-0.1, -0.05) is 58.4 Å². The molecule has 0 fully saturated rings. The van der Waals surface area contributed by atoms with E-state index in [1.54, 1.807) is 28.0 Å². The third-order valence-corrected chi connectivity index (χ3v) is 5.89. The molecule has 0 saturated heterocycles. The third-order valence-electron chi connectivity index (χ3n) is 4.25. The Hall–Kier alpha value is -2.77. The van der Waals surface area contributed by atoms with E-state index in [1.165, 1.54) is 0 Å². The number of carbonyl (C=O) groups is 1. The Morgan fingerprint density at radius 3 is 2.54 bits per heavy atom. The van der Waals surface area contributed by atoms with Gasteiger partial charge in [-0.3, -0.25) is 4.79 Å². The summed E-state index contributed by atoms with van der Waals surface area (Å²) in [6.07, 6.45) is 0. The van der Waals surface area contributed by atoms with Crippen molar-refractivity contribution in [1.82, 2.24) is 19.7 Å². The summed E-state index contributed by atoms with van der Waals surface area (Å²) in [5, 5.41) is 6.52. The minimum absolute atomic E-state index is 0.182. The summed E-state index contributed by atoms with van der Waals surface area (Å²) in [6, 6.07) is 21.5. The molecule has 0 N–H and O–H groups in total. The van der Waals surface area contributed by atoms with Gasteiger partial charge in [-0.05, 0) is 35.2 Å². The third kappa shape index (κ3) is 3.76. The maximum atomic E-state index is 13.0. The molecule has 0 bridgehead atoms. The highest BCUT2D eigenvalue weighted by molar-refractivity contribution is 9.10. The van der Waals surface area contributed by atoms with E-state index in [9.17, 15) is 4.79 Å². The number of para-hydroxylation sites is 1. The van der Waals surface area contributed by atoms with Crippen LogP contribution in [0.2, 0.25) is 0 Å². The van der Waals surface area contributed by atoms with Gasteiger partial charge in [-0.15, -0.1) is 16.4 Å². The minimum Gasteiger partial charge on any atom is -0.335 e. The Labute approximate surface area is 175 Å². The fourth-order valence-electron chi connectivity index (χ4n) is 2.84. The van der Waals surface area contributed by atoms with E-state index in [-0.39, 0.29) is 11.7 Å². The van der Waals surface area contributed by atoms with Crippen molar-refractivity contribution in [2.45, 2.75) is 6.54 Å². The second kappa shape index (κ2) is 8.08. The number of benzene rings is 2. The van der Waals surface area contributed by atoms with Crippen LogP contribution in [0, 0.1) is 0 Å². The van der Waals surface area contributed by atoms with Gasteiger partial charge in [0.05, 0.1) is 10.6 Å². The van der Waals surface area contributed by atoms with E-state index >= 15 is 0 Å². The van der Waals surface area contributed by atoms with E-state index < -0.39 is 0 Å². The molecule has 0 spiro atoms. The number of carbonyl (C=O) groups excluding carboxylic acids is 1. The van der Waals surface area contributed by atoms with Gasteiger partial charge in [0.1, 0.15) is 0 Å². The van der Waals surface area contributed by atoms with Crippen molar-refractivity contribution >= 4 is 33.2 Å². The van der Waals surface area contributed by atoms with Crippen molar-refractivity contribution in [2.24, 2.45) is 0 Å². The molecule has 2 aromatic carbocycles. The van der Waals surface area contributed by atoms with Crippen LogP contribution < -0.4 is 0 Å². The van der Waals surface area contributed by atoms with Gasteiger partial charge in [-0.25, -0.2) is 9.67 Å². The Kier molecular flexibility index (Phi) is 5.36. The SMILES string of the molecule is CN(Cc1ccccc1Br)C(=O)c1nc(-c2cccs2)n(-c2ccccc2)n1. The normalized spacial score (nSPS) is 10.8. The average molecular weight is 453 g/mol. The summed E-state index contributed by atoms with van der Waals surface area (Å²) in [4.78, 5) is 20.2. The van der Waals surface area contributed by atoms with Crippen molar-refractivity contribution in [2.75, 3.05) is 7.05 Å². The van der Waals surface area contributed by atoms with Crippen LogP contribution >= 0.6 is 27.3 Å². The van der Waals surface area contributed by atoms with Crippen molar-refractivity contribution in [1.29, 1.82) is 0 Å². The first-order chi connectivity index (χ1) is 13.6. The molecule has 4 aromatic rings.